The highest BCUT2D eigenvalue weighted by molar-refractivity contribution is 5.85. The van der Waals surface area contributed by atoms with Crippen LogP contribution in [0.2, 0.25) is 0 Å². The lowest BCUT2D eigenvalue weighted by atomic mass is 9.86. The van der Waals surface area contributed by atoms with Gasteiger partial charge in [-0.1, -0.05) is 12.1 Å². The lowest BCUT2D eigenvalue weighted by molar-refractivity contribution is -0.125. The van der Waals surface area contributed by atoms with Gasteiger partial charge in [-0.3, -0.25) is 4.79 Å². The van der Waals surface area contributed by atoms with E-state index in [4.69, 9.17) is 5.73 Å². The monoisotopic (exact) mass is 262 g/mol. The van der Waals surface area contributed by atoms with Gasteiger partial charge < -0.3 is 21.3 Å². The van der Waals surface area contributed by atoms with E-state index < -0.39 is 5.54 Å². The third kappa shape index (κ3) is 2.51. The molecule has 0 unspecified atom stereocenters. The molecule has 0 bridgehead atoms. The third-order valence-corrected chi connectivity index (χ3v) is 4.08. The topological polar surface area (TPSA) is 70.4 Å². The van der Waals surface area contributed by atoms with Gasteiger partial charge >= 0.3 is 0 Å². The van der Waals surface area contributed by atoms with Crippen molar-refractivity contribution in [3.8, 4) is 0 Å². The summed E-state index contributed by atoms with van der Waals surface area (Å²) in [6, 6.07) is 8.20. The SMILES string of the molecule is CNc1ccccc1N1CCC(NC)(C(N)=O)CC1. The van der Waals surface area contributed by atoms with E-state index in [2.05, 4.69) is 27.7 Å². The molecule has 1 aromatic carbocycles. The second-order valence-corrected chi connectivity index (χ2v) is 4.95. The van der Waals surface area contributed by atoms with Crippen molar-refractivity contribution in [1.29, 1.82) is 0 Å². The van der Waals surface area contributed by atoms with E-state index in [1.807, 2.05) is 26.2 Å². The zero-order valence-electron chi connectivity index (χ0n) is 11.6. The largest absolute Gasteiger partial charge is 0.386 e. The van der Waals surface area contributed by atoms with Crippen LogP contribution >= 0.6 is 0 Å². The maximum Gasteiger partial charge on any atom is 0.237 e. The van der Waals surface area contributed by atoms with Gasteiger partial charge in [0.2, 0.25) is 5.91 Å². The van der Waals surface area contributed by atoms with E-state index >= 15 is 0 Å². The normalized spacial score (nSPS) is 18.1. The fourth-order valence-electron chi connectivity index (χ4n) is 2.71. The first-order chi connectivity index (χ1) is 9.13. The van der Waals surface area contributed by atoms with Gasteiger partial charge in [0.25, 0.3) is 0 Å². The molecule has 1 aliphatic rings. The van der Waals surface area contributed by atoms with Crippen LogP contribution in [0.1, 0.15) is 12.8 Å². The Kier molecular flexibility index (Phi) is 3.95. The molecule has 1 aromatic rings. The standard InChI is InChI=1S/C14H22N4O/c1-16-11-5-3-4-6-12(11)18-9-7-14(17-2,8-10-18)13(15)19/h3-6,16-17H,7-10H2,1-2H3,(H2,15,19). The van der Waals surface area contributed by atoms with Crippen molar-refractivity contribution >= 4 is 17.3 Å². The molecule has 5 nitrogen and oxygen atoms in total. The van der Waals surface area contributed by atoms with Crippen molar-refractivity contribution in [2.75, 3.05) is 37.4 Å². The number of carbonyl (C=O) groups excluding carboxylic acids is 1. The number of para-hydroxylation sites is 2. The number of nitrogens with zero attached hydrogens (tertiary/aromatic N) is 1. The Bertz CT molecular complexity index is 453. The van der Waals surface area contributed by atoms with E-state index in [0.29, 0.717) is 0 Å². The minimum absolute atomic E-state index is 0.253. The molecule has 1 heterocycles. The van der Waals surface area contributed by atoms with Gasteiger partial charge in [0.05, 0.1) is 11.4 Å². The van der Waals surface area contributed by atoms with Gasteiger partial charge in [0.15, 0.2) is 0 Å². The Balaban J connectivity index is 2.13. The first-order valence-electron chi connectivity index (χ1n) is 6.63. The van der Waals surface area contributed by atoms with Crippen LogP contribution in [0, 0.1) is 0 Å². The minimum Gasteiger partial charge on any atom is -0.386 e. The third-order valence-electron chi connectivity index (χ3n) is 4.08. The number of nitrogens with two attached hydrogens (primary N) is 1. The van der Waals surface area contributed by atoms with Crippen molar-refractivity contribution in [2.45, 2.75) is 18.4 Å². The molecule has 0 aliphatic carbocycles. The highest BCUT2D eigenvalue weighted by atomic mass is 16.1. The van der Waals surface area contributed by atoms with E-state index in [0.717, 1.165) is 31.6 Å². The van der Waals surface area contributed by atoms with Gasteiger partial charge in [-0.2, -0.15) is 0 Å². The zero-order chi connectivity index (χ0) is 13.9. The Labute approximate surface area is 114 Å². The number of carbonyl (C=O) groups is 1. The molecule has 1 aliphatic heterocycles. The van der Waals surface area contributed by atoms with Gasteiger partial charge in [0.1, 0.15) is 5.54 Å². The smallest absolute Gasteiger partial charge is 0.237 e. The van der Waals surface area contributed by atoms with Crippen LogP contribution in [0.15, 0.2) is 24.3 Å². The number of hydrogen-bond donors (Lipinski definition) is 3. The maximum atomic E-state index is 11.6. The Morgan fingerprint density at radius 1 is 1.26 bits per heavy atom. The molecule has 0 radical (unpaired) electrons. The summed E-state index contributed by atoms with van der Waals surface area (Å²) in [7, 11) is 3.73. The van der Waals surface area contributed by atoms with Gasteiger partial charge in [-0.05, 0) is 32.0 Å². The molecule has 104 valence electrons. The molecule has 5 heteroatoms. The van der Waals surface area contributed by atoms with Crippen LogP contribution in [-0.4, -0.2) is 38.6 Å². The van der Waals surface area contributed by atoms with Crippen LogP contribution in [0.25, 0.3) is 0 Å². The van der Waals surface area contributed by atoms with Gasteiger partial charge in [-0.25, -0.2) is 0 Å². The number of primary amides is 1. The summed E-state index contributed by atoms with van der Waals surface area (Å²) in [4.78, 5) is 13.9. The quantitative estimate of drug-likeness (QED) is 0.749. The molecule has 1 amide bonds. The minimum atomic E-state index is -0.551. The van der Waals surface area contributed by atoms with Crippen molar-refractivity contribution in [3.05, 3.63) is 24.3 Å². The number of likely N-dealkylation sites (N-methyl/N-ethyl adjacent to an activating group) is 1. The number of benzene rings is 1. The number of nitrogens with one attached hydrogen (secondary N) is 2. The second kappa shape index (κ2) is 5.48. The molecule has 19 heavy (non-hydrogen) atoms. The first kappa shape index (κ1) is 13.7. The van der Waals surface area contributed by atoms with Crippen molar-refractivity contribution in [2.24, 2.45) is 5.73 Å². The van der Waals surface area contributed by atoms with E-state index in [1.54, 1.807) is 0 Å². The fourth-order valence-corrected chi connectivity index (χ4v) is 2.71. The summed E-state index contributed by atoms with van der Waals surface area (Å²) in [5, 5.41) is 6.30. The summed E-state index contributed by atoms with van der Waals surface area (Å²) in [6.45, 7) is 1.64. The predicted molar refractivity (Wildman–Crippen MR) is 78.4 cm³/mol. The van der Waals surface area contributed by atoms with Crippen LogP contribution in [0.3, 0.4) is 0 Å². The molecular formula is C14H22N4O. The summed E-state index contributed by atoms with van der Waals surface area (Å²) >= 11 is 0. The van der Waals surface area contributed by atoms with Crippen LogP contribution in [0.5, 0.6) is 0 Å². The van der Waals surface area contributed by atoms with Gasteiger partial charge in [-0.15, -0.1) is 0 Å². The summed E-state index contributed by atoms with van der Waals surface area (Å²) in [5.41, 5.74) is 7.26. The zero-order valence-corrected chi connectivity index (χ0v) is 11.6. The lowest BCUT2D eigenvalue weighted by Gasteiger charge is -2.41. The molecule has 0 spiro atoms. The van der Waals surface area contributed by atoms with Crippen molar-refractivity contribution in [1.82, 2.24) is 5.32 Å². The molecular weight excluding hydrogens is 240 g/mol. The Morgan fingerprint density at radius 3 is 2.42 bits per heavy atom. The van der Waals surface area contributed by atoms with Crippen LogP contribution in [-0.2, 0) is 4.79 Å². The second-order valence-electron chi connectivity index (χ2n) is 4.95. The van der Waals surface area contributed by atoms with Crippen molar-refractivity contribution in [3.63, 3.8) is 0 Å². The highest BCUT2D eigenvalue weighted by Gasteiger charge is 2.38. The maximum absolute atomic E-state index is 11.6. The summed E-state index contributed by atoms with van der Waals surface area (Å²) in [5.74, 6) is -0.253. The molecule has 1 fully saturated rings. The van der Waals surface area contributed by atoms with E-state index in [-0.39, 0.29) is 5.91 Å². The Hall–Kier alpha value is -1.75. The van der Waals surface area contributed by atoms with E-state index in [9.17, 15) is 4.79 Å². The first-order valence-corrected chi connectivity index (χ1v) is 6.63. The highest BCUT2D eigenvalue weighted by Crippen LogP contribution is 2.30. The number of hydrogen-bond acceptors (Lipinski definition) is 4. The average molecular weight is 262 g/mol. The average Bonchev–Trinajstić information content (AvgIpc) is 2.47. The summed E-state index contributed by atoms with van der Waals surface area (Å²) < 4.78 is 0. The molecule has 2 rings (SSSR count). The summed E-state index contributed by atoms with van der Waals surface area (Å²) in [6.07, 6.45) is 1.47. The van der Waals surface area contributed by atoms with Crippen molar-refractivity contribution < 1.29 is 4.79 Å². The number of amides is 1. The number of rotatable bonds is 4. The van der Waals surface area contributed by atoms with E-state index in [1.165, 1.54) is 5.69 Å². The van der Waals surface area contributed by atoms with Crippen LogP contribution in [0.4, 0.5) is 11.4 Å². The molecule has 0 atom stereocenters. The molecule has 0 aromatic heterocycles. The molecule has 4 N–H and O–H groups in total. The van der Waals surface area contributed by atoms with Crippen LogP contribution < -0.4 is 21.3 Å². The van der Waals surface area contributed by atoms with Gasteiger partial charge in [0, 0.05) is 20.1 Å². The lowest BCUT2D eigenvalue weighted by Crippen LogP contribution is -2.59. The number of anilines is 2. The molecule has 1 saturated heterocycles. The fraction of sp³-hybridized carbons (Fsp3) is 0.500. The predicted octanol–water partition coefficient (Wildman–Crippen LogP) is 0.772. The molecule has 0 saturated carbocycles. The number of piperidine rings is 1. The Morgan fingerprint density at radius 2 is 1.89 bits per heavy atom.